The molecule has 1 saturated carbocycles. The maximum absolute atomic E-state index is 10.7. The minimum Gasteiger partial charge on any atom is -0.297 e. The molecule has 0 atom stereocenters. The first-order valence-electron chi connectivity index (χ1n) is 5.32. The topological polar surface area (TPSA) is 30.0 Å². The van der Waals surface area contributed by atoms with Gasteiger partial charge in [0.05, 0.1) is 4.88 Å². The van der Waals surface area contributed by atoms with Crippen molar-refractivity contribution < 1.29 is 4.79 Å². The van der Waals surface area contributed by atoms with Gasteiger partial charge in [-0.3, -0.25) is 4.79 Å². The first kappa shape index (κ1) is 9.73. The summed E-state index contributed by atoms with van der Waals surface area (Å²) < 4.78 is 0. The molecule has 3 rings (SSSR count). The molecule has 0 spiro atoms. The third-order valence-electron chi connectivity index (χ3n) is 3.13. The molecular weight excluding hydrogens is 218 g/mol. The van der Waals surface area contributed by atoms with Gasteiger partial charge in [0.25, 0.3) is 0 Å². The van der Waals surface area contributed by atoms with Crippen molar-refractivity contribution in [2.75, 3.05) is 0 Å². The number of aromatic nitrogens is 1. The predicted molar refractivity (Wildman–Crippen MR) is 64.0 cm³/mol. The lowest BCUT2D eigenvalue weighted by molar-refractivity contribution is 0.112. The number of rotatable bonds is 3. The Morgan fingerprint density at radius 1 is 1.25 bits per heavy atom. The number of benzene rings is 1. The quantitative estimate of drug-likeness (QED) is 0.757. The van der Waals surface area contributed by atoms with Gasteiger partial charge in [-0.05, 0) is 18.4 Å². The molecule has 0 radical (unpaired) electrons. The van der Waals surface area contributed by atoms with E-state index in [9.17, 15) is 4.79 Å². The molecule has 1 aromatic carbocycles. The summed E-state index contributed by atoms with van der Waals surface area (Å²) in [5.41, 5.74) is 1.43. The van der Waals surface area contributed by atoms with Gasteiger partial charge < -0.3 is 0 Å². The zero-order valence-corrected chi connectivity index (χ0v) is 9.54. The van der Waals surface area contributed by atoms with Crippen molar-refractivity contribution in [1.29, 1.82) is 0 Å². The van der Waals surface area contributed by atoms with Gasteiger partial charge in [0, 0.05) is 11.6 Å². The van der Waals surface area contributed by atoms with Crippen LogP contribution in [0.4, 0.5) is 0 Å². The summed E-state index contributed by atoms with van der Waals surface area (Å²) in [5.74, 6) is 0. The van der Waals surface area contributed by atoms with Gasteiger partial charge in [-0.1, -0.05) is 30.3 Å². The van der Waals surface area contributed by atoms with Crippen LogP contribution in [0, 0.1) is 0 Å². The molecule has 1 aliphatic rings. The minimum absolute atomic E-state index is 0.104. The van der Waals surface area contributed by atoms with Crippen LogP contribution in [0.15, 0.2) is 36.5 Å². The van der Waals surface area contributed by atoms with Crippen molar-refractivity contribution in [2.24, 2.45) is 0 Å². The van der Waals surface area contributed by atoms with E-state index < -0.39 is 0 Å². The van der Waals surface area contributed by atoms with Crippen LogP contribution < -0.4 is 0 Å². The summed E-state index contributed by atoms with van der Waals surface area (Å²) in [7, 11) is 0. The predicted octanol–water partition coefficient (Wildman–Crippen LogP) is 3.04. The summed E-state index contributed by atoms with van der Waals surface area (Å²) in [6, 6.07) is 10.4. The zero-order valence-electron chi connectivity index (χ0n) is 8.72. The summed E-state index contributed by atoms with van der Waals surface area (Å²) >= 11 is 1.52. The first-order valence-corrected chi connectivity index (χ1v) is 6.14. The number of carbonyl (C=O) groups excluding carboxylic acids is 1. The van der Waals surface area contributed by atoms with Gasteiger partial charge in [-0.2, -0.15) is 0 Å². The summed E-state index contributed by atoms with van der Waals surface area (Å²) in [5, 5.41) is 1.08. The Kier molecular flexibility index (Phi) is 2.14. The Hall–Kier alpha value is -1.48. The fraction of sp³-hybridized carbons (Fsp3) is 0.231. The Balaban J connectivity index is 2.03. The van der Waals surface area contributed by atoms with E-state index in [1.807, 2.05) is 6.07 Å². The molecule has 0 N–H and O–H groups in total. The van der Waals surface area contributed by atoms with Crippen molar-refractivity contribution in [3.8, 4) is 0 Å². The van der Waals surface area contributed by atoms with Crippen LogP contribution in [0.3, 0.4) is 0 Å². The molecule has 16 heavy (non-hydrogen) atoms. The molecule has 1 aromatic heterocycles. The van der Waals surface area contributed by atoms with Crippen LogP contribution in [0.5, 0.6) is 0 Å². The SMILES string of the molecule is O=Cc1cnc(C2(c3ccccc3)CC2)s1. The Morgan fingerprint density at radius 3 is 2.56 bits per heavy atom. The molecule has 2 nitrogen and oxygen atoms in total. The van der Waals surface area contributed by atoms with Gasteiger partial charge in [-0.25, -0.2) is 4.98 Å². The van der Waals surface area contributed by atoms with E-state index >= 15 is 0 Å². The lowest BCUT2D eigenvalue weighted by atomic mass is 9.97. The normalized spacial score (nSPS) is 17.0. The van der Waals surface area contributed by atoms with E-state index in [0.717, 1.165) is 29.0 Å². The van der Waals surface area contributed by atoms with Crippen molar-refractivity contribution in [3.63, 3.8) is 0 Å². The van der Waals surface area contributed by atoms with Gasteiger partial charge in [0.15, 0.2) is 6.29 Å². The highest BCUT2D eigenvalue weighted by Gasteiger charge is 2.48. The number of hydrogen-bond acceptors (Lipinski definition) is 3. The lowest BCUT2D eigenvalue weighted by Crippen LogP contribution is -2.07. The molecular formula is C13H11NOS. The molecule has 0 saturated heterocycles. The van der Waals surface area contributed by atoms with E-state index in [-0.39, 0.29) is 5.41 Å². The first-order chi connectivity index (χ1) is 7.85. The zero-order chi connectivity index (χ0) is 11.0. The third-order valence-corrected chi connectivity index (χ3v) is 4.25. The van der Waals surface area contributed by atoms with Gasteiger partial charge in [0.2, 0.25) is 0 Å². The highest BCUT2D eigenvalue weighted by Crippen LogP contribution is 2.54. The largest absolute Gasteiger partial charge is 0.297 e. The summed E-state index contributed by atoms with van der Waals surface area (Å²) in [6.07, 6.45) is 4.84. The highest BCUT2D eigenvalue weighted by atomic mass is 32.1. The molecule has 0 bridgehead atoms. The Morgan fingerprint density at radius 2 is 2.00 bits per heavy atom. The van der Waals surface area contributed by atoms with Gasteiger partial charge in [0.1, 0.15) is 5.01 Å². The van der Waals surface area contributed by atoms with Crippen LogP contribution in [0.25, 0.3) is 0 Å². The van der Waals surface area contributed by atoms with E-state index in [2.05, 4.69) is 29.2 Å². The smallest absolute Gasteiger partial charge is 0.161 e. The van der Waals surface area contributed by atoms with E-state index in [1.165, 1.54) is 16.9 Å². The van der Waals surface area contributed by atoms with E-state index in [4.69, 9.17) is 0 Å². The maximum Gasteiger partial charge on any atom is 0.161 e. The van der Waals surface area contributed by atoms with E-state index in [0.29, 0.717) is 0 Å². The van der Waals surface area contributed by atoms with Gasteiger partial charge in [-0.15, -0.1) is 11.3 Å². The monoisotopic (exact) mass is 229 g/mol. The molecule has 1 aliphatic carbocycles. The molecule has 1 heterocycles. The highest BCUT2D eigenvalue weighted by molar-refractivity contribution is 7.13. The van der Waals surface area contributed by atoms with Crippen LogP contribution in [0.2, 0.25) is 0 Å². The van der Waals surface area contributed by atoms with Crippen LogP contribution in [0.1, 0.15) is 33.1 Å². The number of aldehydes is 1. The van der Waals surface area contributed by atoms with Crippen LogP contribution in [-0.2, 0) is 5.41 Å². The second-order valence-electron chi connectivity index (χ2n) is 4.13. The number of thiazole rings is 1. The lowest BCUT2D eigenvalue weighted by Gasteiger charge is -2.11. The minimum atomic E-state index is 0.104. The van der Waals surface area contributed by atoms with Crippen molar-refractivity contribution >= 4 is 17.6 Å². The standard InChI is InChI=1S/C13H11NOS/c15-9-11-8-14-12(16-11)13(6-7-13)10-4-2-1-3-5-10/h1-5,8-9H,6-7H2. The summed E-state index contributed by atoms with van der Waals surface area (Å²) in [4.78, 5) is 15.8. The molecule has 0 aliphatic heterocycles. The van der Waals surface area contributed by atoms with Crippen LogP contribution >= 0.6 is 11.3 Å². The number of hydrogen-bond donors (Lipinski definition) is 0. The van der Waals surface area contributed by atoms with Crippen LogP contribution in [-0.4, -0.2) is 11.3 Å². The average molecular weight is 229 g/mol. The Labute approximate surface area is 98.0 Å². The maximum atomic E-state index is 10.7. The molecule has 80 valence electrons. The molecule has 0 amide bonds. The molecule has 1 fully saturated rings. The summed E-state index contributed by atoms with van der Waals surface area (Å²) in [6.45, 7) is 0. The fourth-order valence-electron chi connectivity index (χ4n) is 2.07. The second kappa shape index (κ2) is 3.52. The Bertz CT molecular complexity index is 514. The average Bonchev–Trinajstić information content (AvgIpc) is 3.02. The van der Waals surface area contributed by atoms with Crippen molar-refractivity contribution in [1.82, 2.24) is 4.98 Å². The fourth-order valence-corrected chi connectivity index (χ4v) is 3.07. The van der Waals surface area contributed by atoms with Crippen molar-refractivity contribution in [2.45, 2.75) is 18.3 Å². The van der Waals surface area contributed by atoms with Crippen molar-refractivity contribution in [3.05, 3.63) is 52.0 Å². The van der Waals surface area contributed by atoms with Gasteiger partial charge >= 0.3 is 0 Å². The second-order valence-corrected chi connectivity index (χ2v) is 5.20. The molecule has 0 unspecified atom stereocenters. The van der Waals surface area contributed by atoms with E-state index in [1.54, 1.807) is 6.20 Å². The third kappa shape index (κ3) is 1.39. The number of carbonyl (C=O) groups is 1. The number of nitrogens with zero attached hydrogens (tertiary/aromatic N) is 1. The molecule has 2 aromatic rings. The molecule has 3 heteroatoms.